The highest BCUT2D eigenvalue weighted by atomic mass is 16.5. The van der Waals surface area contributed by atoms with E-state index < -0.39 is 0 Å². The molecule has 0 aromatic rings. The van der Waals surface area contributed by atoms with Crippen LogP contribution in [0.15, 0.2) is 12.2 Å². The van der Waals surface area contributed by atoms with E-state index in [4.69, 9.17) is 9.47 Å². The molecule has 1 aliphatic heterocycles. The van der Waals surface area contributed by atoms with Gasteiger partial charge in [-0.1, -0.05) is 6.58 Å². The van der Waals surface area contributed by atoms with E-state index in [0.717, 1.165) is 26.1 Å². The molecule has 3 heteroatoms. The Morgan fingerprint density at radius 2 is 2.31 bits per heavy atom. The van der Waals surface area contributed by atoms with Crippen LogP contribution in [-0.2, 0) is 14.3 Å². The predicted octanol–water partition coefficient (Wildman–Crippen LogP) is 1.53. The Morgan fingerprint density at radius 1 is 1.62 bits per heavy atom. The molecule has 0 radical (unpaired) electrons. The van der Waals surface area contributed by atoms with Gasteiger partial charge in [-0.3, -0.25) is 0 Å². The van der Waals surface area contributed by atoms with Crippen LogP contribution in [0.3, 0.4) is 0 Å². The van der Waals surface area contributed by atoms with Gasteiger partial charge in [-0.2, -0.15) is 0 Å². The average Bonchev–Trinajstić information content (AvgIpc) is 2.01. The summed E-state index contributed by atoms with van der Waals surface area (Å²) in [6, 6.07) is 0. The van der Waals surface area contributed by atoms with Crippen molar-refractivity contribution in [3.8, 4) is 0 Å². The summed E-state index contributed by atoms with van der Waals surface area (Å²) in [5, 5.41) is 0. The van der Waals surface area contributed by atoms with Gasteiger partial charge in [-0.15, -0.1) is 0 Å². The van der Waals surface area contributed by atoms with E-state index in [1.54, 1.807) is 6.92 Å². The molecular weight excluding hydrogens is 168 g/mol. The lowest BCUT2D eigenvalue weighted by atomic mass is 9.99. The average molecular weight is 184 g/mol. The van der Waals surface area contributed by atoms with Crippen molar-refractivity contribution in [1.82, 2.24) is 0 Å². The van der Waals surface area contributed by atoms with Gasteiger partial charge >= 0.3 is 5.97 Å². The fourth-order valence-corrected chi connectivity index (χ4v) is 1.16. The van der Waals surface area contributed by atoms with Crippen molar-refractivity contribution < 1.29 is 14.3 Å². The maximum Gasteiger partial charge on any atom is 0.333 e. The van der Waals surface area contributed by atoms with Crippen LogP contribution >= 0.6 is 0 Å². The molecule has 0 aromatic heterocycles. The van der Waals surface area contributed by atoms with Gasteiger partial charge in [0.1, 0.15) is 0 Å². The van der Waals surface area contributed by atoms with Crippen LogP contribution in [0, 0.1) is 5.92 Å². The standard InChI is InChI=1S/C10H16O3/c1-3-13-10(11)8(2)4-5-9-6-12-7-9/h9H,2-7H2,1H3. The minimum absolute atomic E-state index is 0.261. The third-order valence-electron chi connectivity index (χ3n) is 2.13. The van der Waals surface area contributed by atoms with E-state index in [1.165, 1.54) is 0 Å². The van der Waals surface area contributed by atoms with E-state index in [0.29, 0.717) is 18.1 Å². The molecule has 13 heavy (non-hydrogen) atoms. The number of carbonyl (C=O) groups is 1. The summed E-state index contributed by atoms with van der Waals surface area (Å²) in [5.74, 6) is 0.355. The zero-order chi connectivity index (χ0) is 9.68. The Morgan fingerprint density at radius 3 is 2.77 bits per heavy atom. The normalized spacial score (nSPS) is 16.4. The topological polar surface area (TPSA) is 35.5 Å². The first kappa shape index (κ1) is 10.3. The van der Waals surface area contributed by atoms with Crippen molar-refractivity contribution in [1.29, 1.82) is 0 Å². The van der Waals surface area contributed by atoms with Crippen LogP contribution in [0.1, 0.15) is 19.8 Å². The minimum Gasteiger partial charge on any atom is -0.463 e. The lowest BCUT2D eigenvalue weighted by molar-refractivity contribution is -0.138. The van der Waals surface area contributed by atoms with Crippen molar-refractivity contribution in [2.45, 2.75) is 19.8 Å². The second kappa shape index (κ2) is 5.02. The fourth-order valence-electron chi connectivity index (χ4n) is 1.16. The van der Waals surface area contributed by atoms with E-state index >= 15 is 0 Å². The van der Waals surface area contributed by atoms with Gasteiger partial charge in [0.05, 0.1) is 19.8 Å². The molecule has 1 rings (SSSR count). The van der Waals surface area contributed by atoms with Gasteiger partial charge in [0.25, 0.3) is 0 Å². The Bertz CT molecular complexity index is 194. The number of rotatable bonds is 5. The first-order valence-corrected chi connectivity index (χ1v) is 4.66. The molecule has 74 valence electrons. The molecule has 0 unspecified atom stereocenters. The molecule has 0 amide bonds. The summed E-state index contributed by atoms with van der Waals surface area (Å²) in [4.78, 5) is 11.1. The summed E-state index contributed by atoms with van der Waals surface area (Å²) in [7, 11) is 0. The molecule has 0 aromatic carbocycles. The third kappa shape index (κ3) is 3.19. The van der Waals surface area contributed by atoms with Crippen LogP contribution in [-0.4, -0.2) is 25.8 Å². The first-order valence-electron chi connectivity index (χ1n) is 4.66. The third-order valence-corrected chi connectivity index (χ3v) is 2.13. The van der Waals surface area contributed by atoms with Crippen LogP contribution in [0.4, 0.5) is 0 Å². The predicted molar refractivity (Wildman–Crippen MR) is 49.3 cm³/mol. The van der Waals surface area contributed by atoms with Crippen LogP contribution in [0.5, 0.6) is 0 Å². The fraction of sp³-hybridized carbons (Fsp3) is 0.700. The SMILES string of the molecule is C=C(CCC1COC1)C(=O)OCC. The van der Waals surface area contributed by atoms with Gasteiger partial charge in [0.15, 0.2) is 0 Å². The van der Waals surface area contributed by atoms with Gasteiger partial charge in [0.2, 0.25) is 0 Å². The Hall–Kier alpha value is -0.830. The highest BCUT2D eigenvalue weighted by Crippen LogP contribution is 2.19. The molecule has 1 heterocycles. The van der Waals surface area contributed by atoms with E-state index in [2.05, 4.69) is 6.58 Å². The Balaban J connectivity index is 2.12. The highest BCUT2D eigenvalue weighted by Gasteiger charge is 2.19. The second-order valence-corrected chi connectivity index (χ2v) is 3.27. The monoisotopic (exact) mass is 184 g/mol. The van der Waals surface area contributed by atoms with Crippen LogP contribution < -0.4 is 0 Å². The lowest BCUT2D eigenvalue weighted by Gasteiger charge is -2.25. The number of hydrogen-bond acceptors (Lipinski definition) is 3. The molecule has 0 spiro atoms. The molecule has 1 fully saturated rings. The van der Waals surface area contributed by atoms with Crippen LogP contribution in [0.25, 0.3) is 0 Å². The maximum absolute atomic E-state index is 11.1. The van der Waals surface area contributed by atoms with E-state index in [1.807, 2.05) is 0 Å². The minimum atomic E-state index is -0.261. The van der Waals surface area contributed by atoms with Gasteiger partial charge in [-0.25, -0.2) is 4.79 Å². The summed E-state index contributed by atoms with van der Waals surface area (Å²) in [5.41, 5.74) is 0.578. The quantitative estimate of drug-likeness (QED) is 0.480. The first-order chi connectivity index (χ1) is 6.24. The largest absolute Gasteiger partial charge is 0.463 e. The molecule has 1 saturated heterocycles. The lowest BCUT2D eigenvalue weighted by Crippen LogP contribution is -2.27. The number of ether oxygens (including phenoxy) is 2. The number of esters is 1. The van der Waals surface area contributed by atoms with E-state index in [9.17, 15) is 4.79 Å². The zero-order valence-corrected chi connectivity index (χ0v) is 8.04. The van der Waals surface area contributed by atoms with Crippen molar-refractivity contribution in [3.63, 3.8) is 0 Å². The highest BCUT2D eigenvalue weighted by molar-refractivity contribution is 5.87. The molecule has 0 aliphatic carbocycles. The number of carbonyl (C=O) groups excluding carboxylic acids is 1. The molecule has 0 saturated carbocycles. The Kier molecular flexibility index (Phi) is 3.96. The number of hydrogen-bond donors (Lipinski definition) is 0. The van der Waals surface area contributed by atoms with Gasteiger partial charge in [0, 0.05) is 11.5 Å². The van der Waals surface area contributed by atoms with E-state index in [-0.39, 0.29) is 5.97 Å². The maximum atomic E-state index is 11.1. The van der Waals surface area contributed by atoms with Crippen molar-refractivity contribution in [3.05, 3.63) is 12.2 Å². The summed E-state index contributed by atoms with van der Waals surface area (Å²) >= 11 is 0. The van der Waals surface area contributed by atoms with Crippen molar-refractivity contribution in [2.24, 2.45) is 5.92 Å². The summed E-state index contributed by atoms with van der Waals surface area (Å²) in [6.45, 7) is 7.56. The second-order valence-electron chi connectivity index (χ2n) is 3.27. The van der Waals surface area contributed by atoms with Gasteiger partial charge in [-0.05, 0) is 19.8 Å². The smallest absolute Gasteiger partial charge is 0.333 e. The molecule has 0 bridgehead atoms. The summed E-state index contributed by atoms with van der Waals surface area (Å²) < 4.78 is 9.85. The summed E-state index contributed by atoms with van der Waals surface area (Å²) in [6.07, 6.45) is 1.71. The Labute approximate surface area is 78.7 Å². The zero-order valence-electron chi connectivity index (χ0n) is 8.04. The van der Waals surface area contributed by atoms with Crippen LogP contribution in [0.2, 0.25) is 0 Å². The molecule has 3 nitrogen and oxygen atoms in total. The molecule has 0 N–H and O–H groups in total. The molecular formula is C10H16O3. The molecule has 1 aliphatic rings. The van der Waals surface area contributed by atoms with Crippen molar-refractivity contribution in [2.75, 3.05) is 19.8 Å². The molecule has 0 atom stereocenters. The van der Waals surface area contributed by atoms with Crippen molar-refractivity contribution >= 4 is 5.97 Å². The van der Waals surface area contributed by atoms with Gasteiger partial charge < -0.3 is 9.47 Å².